The third kappa shape index (κ3) is 3.53. The maximum atomic E-state index is 11.5. The quantitative estimate of drug-likeness (QED) is 0.643. The lowest BCUT2D eigenvalue weighted by Gasteiger charge is -2.46. The molecule has 1 N–H and O–H groups in total. The normalized spacial score (nSPS) is 24.0. The summed E-state index contributed by atoms with van der Waals surface area (Å²) in [5, 5.41) is 20.2. The third-order valence-electron chi connectivity index (χ3n) is 4.76. The summed E-state index contributed by atoms with van der Waals surface area (Å²) >= 11 is 0. The van der Waals surface area contributed by atoms with E-state index in [1.165, 1.54) is 11.1 Å². The van der Waals surface area contributed by atoms with E-state index in [0.717, 1.165) is 0 Å². The van der Waals surface area contributed by atoms with Crippen molar-refractivity contribution < 1.29 is 19.6 Å². The second-order valence-corrected chi connectivity index (χ2v) is 7.65. The van der Waals surface area contributed by atoms with E-state index in [-0.39, 0.29) is 29.4 Å². The Labute approximate surface area is 145 Å². The Balaban J connectivity index is 1.61. The van der Waals surface area contributed by atoms with Crippen LogP contribution >= 0.6 is 0 Å². The van der Waals surface area contributed by atoms with Crippen molar-refractivity contribution in [3.8, 4) is 6.01 Å². The Kier molecular flexibility index (Phi) is 4.31. The molecule has 138 valence electrons. The van der Waals surface area contributed by atoms with Crippen LogP contribution in [0.2, 0.25) is 0 Å². The smallest absolute Gasteiger partial charge is 0.414 e. The summed E-state index contributed by atoms with van der Waals surface area (Å²) in [4.78, 5) is 29.2. The van der Waals surface area contributed by atoms with E-state index in [0.29, 0.717) is 32.7 Å². The van der Waals surface area contributed by atoms with Crippen LogP contribution in [-0.2, 0) is 6.54 Å². The molecule has 1 fully saturated rings. The molecule has 2 aliphatic rings. The van der Waals surface area contributed by atoms with Gasteiger partial charge in [-0.25, -0.2) is 4.79 Å². The summed E-state index contributed by atoms with van der Waals surface area (Å²) in [6, 6.07) is 0.173. The van der Waals surface area contributed by atoms with Crippen LogP contribution in [0.15, 0.2) is 6.20 Å². The first-order valence-corrected chi connectivity index (χ1v) is 8.25. The number of nitro groups is 1. The second-order valence-electron chi connectivity index (χ2n) is 7.65. The molecule has 2 aliphatic heterocycles. The molecule has 0 aliphatic carbocycles. The van der Waals surface area contributed by atoms with E-state index in [1.807, 2.05) is 20.8 Å². The number of carbonyl (C=O) groups is 1. The van der Waals surface area contributed by atoms with Crippen molar-refractivity contribution in [2.45, 2.75) is 39.5 Å². The minimum Gasteiger partial charge on any atom is -0.465 e. The largest absolute Gasteiger partial charge is 0.465 e. The fraction of sp³-hybridized carbons (Fsp3) is 0.733. The third-order valence-corrected chi connectivity index (χ3v) is 4.76. The highest BCUT2D eigenvalue weighted by Crippen LogP contribution is 2.29. The molecule has 1 saturated heterocycles. The van der Waals surface area contributed by atoms with E-state index in [1.54, 1.807) is 4.57 Å². The van der Waals surface area contributed by atoms with Gasteiger partial charge in [-0.3, -0.25) is 9.47 Å². The molecule has 3 rings (SSSR count). The number of piperazine rings is 1. The van der Waals surface area contributed by atoms with Crippen molar-refractivity contribution in [3.05, 3.63) is 16.3 Å². The number of imidazole rings is 1. The highest BCUT2D eigenvalue weighted by Gasteiger charge is 2.39. The lowest BCUT2D eigenvalue weighted by molar-refractivity contribution is -0.389. The van der Waals surface area contributed by atoms with E-state index < -0.39 is 11.0 Å². The Morgan fingerprint density at radius 3 is 2.72 bits per heavy atom. The SMILES string of the molecule is CC(C)(C)[C@H]1CN(CC2Cn3cc([N+](=O)[O-])nc3O2)CCN1C(=O)O. The van der Waals surface area contributed by atoms with Gasteiger partial charge < -0.3 is 24.9 Å². The van der Waals surface area contributed by atoms with Crippen molar-refractivity contribution in [2.24, 2.45) is 5.41 Å². The highest BCUT2D eigenvalue weighted by molar-refractivity contribution is 5.65. The molecule has 3 heterocycles. The van der Waals surface area contributed by atoms with Crippen molar-refractivity contribution in [1.82, 2.24) is 19.4 Å². The van der Waals surface area contributed by atoms with Crippen LogP contribution in [-0.4, -0.2) is 73.8 Å². The van der Waals surface area contributed by atoms with Gasteiger partial charge in [-0.15, -0.1) is 0 Å². The molecule has 10 nitrogen and oxygen atoms in total. The van der Waals surface area contributed by atoms with Gasteiger partial charge in [0.05, 0.1) is 12.6 Å². The Bertz CT molecular complexity index is 659. The summed E-state index contributed by atoms with van der Waals surface area (Å²) in [6.07, 6.45) is 0.361. The molecular formula is C15H23N5O5. The average Bonchev–Trinajstić information content (AvgIpc) is 3.04. The van der Waals surface area contributed by atoms with E-state index in [4.69, 9.17) is 4.74 Å². The summed E-state index contributed by atoms with van der Waals surface area (Å²) in [5.41, 5.74) is -0.166. The van der Waals surface area contributed by atoms with Gasteiger partial charge in [0.2, 0.25) is 0 Å². The van der Waals surface area contributed by atoms with Crippen LogP contribution in [0, 0.1) is 15.5 Å². The summed E-state index contributed by atoms with van der Waals surface area (Å²) < 4.78 is 7.36. The monoisotopic (exact) mass is 353 g/mol. The van der Waals surface area contributed by atoms with Crippen molar-refractivity contribution >= 4 is 11.9 Å². The molecule has 0 bridgehead atoms. The first-order chi connectivity index (χ1) is 11.6. The summed E-state index contributed by atoms with van der Waals surface area (Å²) in [6.45, 7) is 9.00. The molecule has 2 atom stereocenters. The number of aromatic nitrogens is 2. The minimum absolute atomic E-state index is 0.0988. The number of amides is 1. The van der Waals surface area contributed by atoms with Gasteiger partial charge in [0, 0.05) is 31.2 Å². The van der Waals surface area contributed by atoms with Crippen molar-refractivity contribution in [2.75, 3.05) is 26.2 Å². The van der Waals surface area contributed by atoms with E-state index in [2.05, 4.69) is 9.88 Å². The van der Waals surface area contributed by atoms with Crippen molar-refractivity contribution in [1.29, 1.82) is 0 Å². The van der Waals surface area contributed by atoms with Gasteiger partial charge in [0.1, 0.15) is 12.3 Å². The molecular weight excluding hydrogens is 330 g/mol. The van der Waals surface area contributed by atoms with Crippen LogP contribution in [0.4, 0.5) is 10.6 Å². The molecule has 1 amide bonds. The first kappa shape index (κ1) is 17.5. The molecule has 1 unspecified atom stereocenters. The number of ether oxygens (including phenoxy) is 1. The first-order valence-electron chi connectivity index (χ1n) is 8.25. The number of rotatable bonds is 3. The fourth-order valence-corrected chi connectivity index (χ4v) is 3.46. The lowest BCUT2D eigenvalue weighted by atomic mass is 9.84. The highest BCUT2D eigenvalue weighted by atomic mass is 16.6. The molecule has 0 spiro atoms. The van der Waals surface area contributed by atoms with Gasteiger partial charge in [-0.1, -0.05) is 20.8 Å². The standard InChI is InChI=1S/C15H23N5O5/c1-15(2,3)11-8-17(4-5-19(11)14(21)22)6-10-7-18-9-12(20(23)24)16-13(18)25-10/h9-11H,4-8H2,1-3H3,(H,21,22)/t10?,11-/m1/s1. The van der Waals surface area contributed by atoms with Gasteiger partial charge in [0.15, 0.2) is 0 Å². The Morgan fingerprint density at radius 2 is 2.16 bits per heavy atom. The zero-order valence-corrected chi connectivity index (χ0v) is 14.6. The molecule has 0 radical (unpaired) electrons. The zero-order chi connectivity index (χ0) is 18.4. The van der Waals surface area contributed by atoms with Gasteiger partial charge >= 0.3 is 17.9 Å². The van der Waals surface area contributed by atoms with Gasteiger partial charge in [-0.05, 0) is 10.3 Å². The zero-order valence-electron chi connectivity index (χ0n) is 14.6. The van der Waals surface area contributed by atoms with Crippen LogP contribution in [0.1, 0.15) is 20.8 Å². The minimum atomic E-state index is -0.885. The second kappa shape index (κ2) is 6.17. The average molecular weight is 353 g/mol. The number of hydrogen-bond donors (Lipinski definition) is 1. The summed E-state index contributed by atoms with van der Waals surface area (Å²) in [5.74, 6) is -0.212. The molecule has 25 heavy (non-hydrogen) atoms. The number of fused-ring (bicyclic) bond motifs is 1. The molecule has 10 heteroatoms. The number of carboxylic acid groups (broad SMARTS) is 1. The summed E-state index contributed by atoms with van der Waals surface area (Å²) in [7, 11) is 0. The molecule has 1 aromatic rings. The molecule has 0 saturated carbocycles. The molecule has 1 aromatic heterocycles. The van der Waals surface area contributed by atoms with E-state index >= 15 is 0 Å². The van der Waals surface area contributed by atoms with E-state index in [9.17, 15) is 20.0 Å². The predicted molar refractivity (Wildman–Crippen MR) is 87.7 cm³/mol. The topological polar surface area (TPSA) is 114 Å². The van der Waals surface area contributed by atoms with Crippen molar-refractivity contribution in [3.63, 3.8) is 0 Å². The Morgan fingerprint density at radius 1 is 1.44 bits per heavy atom. The van der Waals surface area contributed by atoms with Gasteiger partial charge in [0.25, 0.3) is 0 Å². The number of hydrogen-bond acceptors (Lipinski definition) is 6. The maximum absolute atomic E-state index is 11.5. The van der Waals surface area contributed by atoms with Crippen LogP contribution < -0.4 is 4.74 Å². The van der Waals surface area contributed by atoms with Crippen LogP contribution in [0.3, 0.4) is 0 Å². The Hall–Kier alpha value is -2.36. The fourth-order valence-electron chi connectivity index (χ4n) is 3.46. The molecule has 0 aromatic carbocycles. The number of nitrogens with zero attached hydrogens (tertiary/aromatic N) is 5. The lowest BCUT2D eigenvalue weighted by Crippen LogP contribution is -2.60. The van der Waals surface area contributed by atoms with Gasteiger partial charge in [-0.2, -0.15) is 0 Å². The van der Waals surface area contributed by atoms with Crippen LogP contribution in [0.5, 0.6) is 6.01 Å². The maximum Gasteiger partial charge on any atom is 0.414 e. The predicted octanol–water partition coefficient (Wildman–Crippen LogP) is 1.26. The van der Waals surface area contributed by atoms with Crippen LogP contribution in [0.25, 0.3) is 0 Å².